The highest BCUT2D eigenvalue weighted by Crippen LogP contribution is 2.25. The van der Waals surface area contributed by atoms with Crippen LogP contribution in [0.3, 0.4) is 0 Å². The van der Waals surface area contributed by atoms with Crippen molar-refractivity contribution in [3.8, 4) is 0 Å². The second kappa shape index (κ2) is 6.91. The summed E-state index contributed by atoms with van der Waals surface area (Å²) >= 11 is 4.63. The number of thiophene rings is 1. The zero-order valence-corrected chi connectivity index (χ0v) is 15.0. The number of halogens is 1. The number of sulfonamides is 1. The first kappa shape index (κ1) is 16.5. The van der Waals surface area contributed by atoms with Gasteiger partial charge in [-0.05, 0) is 54.2 Å². The van der Waals surface area contributed by atoms with Gasteiger partial charge in [0.25, 0.3) is 10.0 Å². The van der Waals surface area contributed by atoms with E-state index in [-0.39, 0.29) is 0 Å². The summed E-state index contributed by atoms with van der Waals surface area (Å²) in [6.07, 6.45) is 0. The van der Waals surface area contributed by atoms with Crippen LogP contribution in [-0.4, -0.2) is 15.0 Å². The van der Waals surface area contributed by atoms with Crippen molar-refractivity contribution in [2.24, 2.45) is 0 Å². The maximum atomic E-state index is 12.4. The monoisotopic (exact) mass is 388 g/mol. The van der Waals surface area contributed by atoms with E-state index < -0.39 is 10.0 Å². The normalized spacial score (nSPS) is 11.6. The highest BCUT2D eigenvalue weighted by molar-refractivity contribution is 9.10. The lowest BCUT2D eigenvalue weighted by molar-refractivity contribution is 0.603. The molecule has 0 aliphatic carbocycles. The topological polar surface area (TPSA) is 58.2 Å². The van der Waals surface area contributed by atoms with Crippen LogP contribution in [0.1, 0.15) is 18.1 Å². The molecular formula is C14H17BrN2O2S2. The van der Waals surface area contributed by atoms with Gasteiger partial charge in [0.15, 0.2) is 0 Å². The van der Waals surface area contributed by atoms with Crippen LogP contribution in [0.4, 0.5) is 5.69 Å². The summed E-state index contributed by atoms with van der Waals surface area (Å²) < 4.78 is 28.6. The van der Waals surface area contributed by atoms with E-state index >= 15 is 0 Å². The number of hydrogen-bond acceptors (Lipinski definition) is 4. The van der Waals surface area contributed by atoms with Gasteiger partial charge in [0.1, 0.15) is 4.21 Å². The molecule has 114 valence electrons. The van der Waals surface area contributed by atoms with Crippen molar-refractivity contribution in [3.05, 3.63) is 45.2 Å². The molecule has 21 heavy (non-hydrogen) atoms. The molecule has 2 N–H and O–H groups in total. The van der Waals surface area contributed by atoms with Crippen LogP contribution in [0.5, 0.6) is 0 Å². The van der Waals surface area contributed by atoms with Crippen molar-refractivity contribution < 1.29 is 8.42 Å². The quantitative estimate of drug-likeness (QED) is 0.792. The Morgan fingerprint density at radius 3 is 2.71 bits per heavy atom. The van der Waals surface area contributed by atoms with Gasteiger partial charge in [0, 0.05) is 16.7 Å². The molecule has 0 bridgehead atoms. The summed E-state index contributed by atoms with van der Waals surface area (Å²) in [5.41, 5.74) is 2.53. The van der Waals surface area contributed by atoms with Gasteiger partial charge in [-0.25, -0.2) is 8.42 Å². The summed E-state index contributed by atoms with van der Waals surface area (Å²) in [6, 6.07) is 7.08. The van der Waals surface area contributed by atoms with Crippen LogP contribution in [0, 0.1) is 6.92 Å². The summed E-state index contributed by atoms with van der Waals surface area (Å²) in [5.74, 6) is 0. The highest BCUT2D eigenvalue weighted by atomic mass is 79.9. The number of aryl methyl sites for hydroxylation is 1. The smallest absolute Gasteiger partial charge is 0.271 e. The average molecular weight is 389 g/mol. The fourth-order valence-corrected chi connectivity index (χ4v) is 4.28. The van der Waals surface area contributed by atoms with Gasteiger partial charge < -0.3 is 5.32 Å². The van der Waals surface area contributed by atoms with E-state index in [1.165, 1.54) is 11.3 Å². The van der Waals surface area contributed by atoms with Crippen molar-refractivity contribution >= 4 is 43.0 Å². The average Bonchev–Trinajstić information content (AvgIpc) is 2.90. The number of benzene rings is 1. The minimum Gasteiger partial charge on any atom is -0.313 e. The zero-order chi connectivity index (χ0) is 15.5. The van der Waals surface area contributed by atoms with E-state index in [1.54, 1.807) is 18.2 Å². The Morgan fingerprint density at radius 2 is 2.05 bits per heavy atom. The summed E-state index contributed by atoms with van der Waals surface area (Å²) in [7, 11) is -3.52. The van der Waals surface area contributed by atoms with Gasteiger partial charge in [-0.1, -0.05) is 22.9 Å². The van der Waals surface area contributed by atoms with Gasteiger partial charge >= 0.3 is 0 Å². The molecule has 4 nitrogen and oxygen atoms in total. The lowest BCUT2D eigenvalue weighted by atomic mass is 10.2. The molecule has 2 rings (SSSR count). The molecule has 0 fully saturated rings. The van der Waals surface area contributed by atoms with Crippen molar-refractivity contribution in [1.29, 1.82) is 0 Å². The second-order valence-electron chi connectivity index (χ2n) is 4.62. The SMILES string of the molecule is CCNCc1csc(S(=O)(=O)Nc2ccc(Br)c(C)c2)c1. The van der Waals surface area contributed by atoms with E-state index in [2.05, 4.69) is 26.0 Å². The standard InChI is InChI=1S/C14H17BrN2O2S2/c1-3-16-8-11-7-14(20-9-11)21(18,19)17-12-4-5-13(15)10(2)6-12/h4-7,9,16-17H,3,8H2,1-2H3. The van der Waals surface area contributed by atoms with E-state index in [0.717, 1.165) is 22.1 Å². The van der Waals surface area contributed by atoms with E-state index in [9.17, 15) is 8.42 Å². The molecule has 0 spiro atoms. The molecule has 1 heterocycles. The van der Waals surface area contributed by atoms with E-state index in [4.69, 9.17) is 0 Å². The highest BCUT2D eigenvalue weighted by Gasteiger charge is 2.17. The lowest BCUT2D eigenvalue weighted by Crippen LogP contribution is -2.12. The van der Waals surface area contributed by atoms with Crippen LogP contribution in [0.25, 0.3) is 0 Å². The minimum atomic E-state index is -3.52. The van der Waals surface area contributed by atoms with Crippen molar-refractivity contribution in [2.75, 3.05) is 11.3 Å². The van der Waals surface area contributed by atoms with Gasteiger partial charge in [-0.3, -0.25) is 4.72 Å². The Kier molecular flexibility index (Phi) is 5.43. The third-order valence-electron chi connectivity index (χ3n) is 2.88. The van der Waals surface area contributed by atoms with Gasteiger partial charge in [0.05, 0.1) is 0 Å². The first-order valence-corrected chi connectivity index (χ1v) is 9.65. The first-order chi connectivity index (χ1) is 9.92. The number of hydrogen-bond donors (Lipinski definition) is 2. The third-order valence-corrected chi connectivity index (χ3v) is 6.64. The van der Waals surface area contributed by atoms with Crippen molar-refractivity contribution in [1.82, 2.24) is 5.32 Å². The largest absolute Gasteiger partial charge is 0.313 e. The van der Waals surface area contributed by atoms with Crippen LogP contribution < -0.4 is 10.0 Å². The molecule has 0 saturated carbocycles. The maximum Gasteiger partial charge on any atom is 0.271 e. The molecule has 2 aromatic rings. The van der Waals surface area contributed by atoms with E-state index in [0.29, 0.717) is 16.4 Å². The Morgan fingerprint density at radius 1 is 1.29 bits per heavy atom. The Labute approximate surface area is 137 Å². The van der Waals surface area contributed by atoms with Crippen molar-refractivity contribution in [3.63, 3.8) is 0 Å². The molecule has 0 atom stereocenters. The number of rotatable bonds is 6. The molecule has 7 heteroatoms. The first-order valence-electron chi connectivity index (χ1n) is 6.49. The van der Waals surface area contributed by atoms with Gasteiger partial charge in [-0.15, -0.1) is 11.3 Å². The predicted molar refractivity (Wildman–Crippen MR) is 91.4 cm³/mol. The second-order valence-corrected chi connectivity index (χ2v) is 8.30. The number of nitrogens with one attached hydrogen (secondary N) is 2. The summed E-state index contributed by atoms with van der Waals surface area (Å²) in [6.45, 7) is 5.47. The maximum absolute atomic E-state index is 12.4. The van der Waals surface area contributed by atoms with E-state index in [1.807, 2.05) is 25.3 Å². The summed E-state index contributed by atoms with van der Waals surface area (Å²) in [5, 5.41) is 5.04. The Balaban J connectivity index is 2.17. The molecular weight excluding hydrogens is 372 g/mol. The fourth-order valence-electron chi connectivity index (χ4n) is 1.77. The number of anilines is 1. The Bertz CT molecular complexity index is 726. The van der Waals surface area contributed by atoms with Crippen LogP contribution in [0.15, 0.2) is 38.3 Å². The van der Waals surface area contributed by atoms with Gasteiger partial charge in [0.2, 0.25) is 0 Å². The minimum absolute atomic E-state index is 0.330. The zero-order valence-electron chi connectivity index (χ0n) is 11.8. The molecule has 1 aromatic carbocycles. The van der Waals surface area contributed by atoms with Crippen LogP contribution >= 0.6 is 27.3 Å². The van der Waals surface area contributed by atoms with Crippen LogP contribution in [-0.2, 0) is 16.6 Å². The van der Waals surface area contributed by atoms with Gasteiger partial charge in [-0.2, -0.15) is 0 Å². The molecule has 0 unspecified atom stereocenters. The molecule has 0 aliphatic rings. The van der Waals surface area contributed by atoms with Crippen molar-refractivity contribution in [2.45, 2.75) is 24.6 Å². The van der Waals surface area contributed by atoms with Crippen LogP contribution in [0.2, 0.25) is 0 Å². The fraction of sp³-hybridized carbons (Fsp3) is 0.286. The predicted octanol–water partition coefficient (Wildman–Crippen LogP) is 3.73. The molecule has 0 aliphatic heterocycles. The molecule has 0 amide bonds. The molecule has 0 radical (unpaired) electrons. The third kappa shape index (κ3) is 4.29. The molecule has 0 saturated heterocycles. The molecule has 1 aromatic heterocycles. The Hall–Kier alpha value is -0.890. The summed E-state index contributed by atoms with van der Waals surface area (Å²) in [4.78, 5) is 0. The lowest BCUT2D eigenvalue weighted by Gasteiger charge is -2.07.